The van der Waals surface area contributed by atoms with E-state index in [0.29, 0.717) is 0 Å². The summed E-state index contributed by atoms with van der Waals surface area (Å²) in [5, 5.41) is 25.9. The van der Waals surface area contributed by atoms with Crippen molar-refractivity contribution < 1.29 is 18.8 Å². The minimum Gasteiger partial charge on any atom is -0.423 e. The fourth-order valence-electron chi connectivity index (χ4n) is 1.02. The molecule has 0 fully saturated rings. The molecule has 0 spiro atoms. The molecule has 0 aliphatic heterocycles. The van der Waals surface area contributed by atoms with Gasteiger partial charge < -0.3 is 10.0 Å². The van der Waals surface area contributed by atoms with E-state index in [9.17, 15) is 8.78 Å². The highest BCUT2D eigenvalue weighted by molar-refractivity contribution is 6.58. The Hall–Kier alpha value is -1.45. The average Bonchev–Trinajstić information content (AvgIpc) is 2.16. The Kier molecular flexibility index (Phi) is 3.17. The largest absolute Gasteiger partial charge is 0.488 e. The van der Waals surface area contributed by atoms with Crippen LogP contribution in [0, 0.1) is 11.3 Å². The summed E-state index contributed by atoms with van der Waals surface area (Å²) in [5.41, 5.74) is -0.707. The lowest BCUT2D eigenvalue weighted by molar-refractivity contribution is 0.151. The first-order valence-electron chi connectivity index (χ1n) is 3.74. The van der Waals surface area contributed by atoms with Crippen molar-refractivity contribution in [2.24, 2.45) is 0 Å². The quantitative estimate of drug-likeness (QED) is 0.664. The summed E-state index contributed by atoms with van der Waals surface area (Å²) >= 11 is 0. The Balaban J connectivity index is 3.23. The van der Waals surface area contributed by atoms with Crippen LogP contribution in [0.4, 0.5) is 8.78 Å². The Morgan fingerprint density at radius 1 is 1.36 bits per heavy atom. The van der Waals surface area contributed by atoms with Gasteiger partial charge in [-0.3, -0.25) is 0 Å². The van der Waals surface area contributed by atoms with E-state index in [2.05, 4.69) is 0 Å². The van der Waals surface area contributed by atoms with Crippen molar-refractivity contribution >= 4 is 12.6 Å². The van der Waals surface area contributed by atoms with E-state index in [4.69, 9.17) is 15.3 Å². The van der Waals surface area contributed by atoms with Crippen LogP contribution in [-0.2, 0) is 0 Å². The summed E-state index contributed by atoms with van der Waals surface area (Å²) in [4.78, 5) is 0. The predicted molar refractivity (Wildman–Crippen MR) is 45.9 cm³/mol. The summed E-state index contributed by atoms with van der Waals surface area (Å²) in [6.45, 7) is 0. The van der Waals surface area contributed by atoms with E-state index in [1.165, 1.54) is 6.07 Å². The first kappa shape index (κ1) is 10.6. The zero-order valence-corrected chi connectivity index (χ0v) is 6.98. The summed E-state index contributed by atoms with van der Waals surface area (Å²) in [5.74, 6) is 0. The van der Waals surface area contributed by atoms with Gasteiger partial charge >= 0.3 is 7.12 Å². The second kappa shape index (κ2) is 4.18. The summed E-state index contributed by atoms with van der Waals surface area (Å²) in [6, 6.07) is 4.86. The first-order chi connectivity index (χ1) is 6.56. The van der Waals surface area contributed by atoms with Gasteiger partial charge in [0.05, 0.1) is 11.6 Å². The molecule has 0 heterocycles. The minimum atomic E-state index is -2.80. The third-order valence-electron chi connectivity index (χ3n) is 1.73. The molecule has 1 rings (SSSR count). The van der Waals surface area contributed by atoms with Crippen molar-refractivity contribution in [1.82, 2.24) is 0 Å². The molecule has 1 aromatic carbocycles. The second-order valence-electron chi connectivity index (χ2n) is 2.63. The van der Waals surface area contributed by atoms with Gasteiger partial charge in [0.2, 0.25) is 0 Å². The lowest BCUT2D eigenvalue weighted by atomic mass is 9.79. The Morgan fingerprint density at radius 3 is 2.43 bits per heavy atom. The van der Waals surface area contributed by atoms with Crippen molar-refractivity contribution in [2.45, 2.75) is 6.43 Å². The lowest BCUT2D eigenvalue weighted by Crippen LogP contribution is -2.30. The molecule has 0 radical (unpaired) electrons. The average molecular weight is 197 g/mol. The molecule has 6 heteroatoms. The molecular formula is C8H6BF2NO2. The van der Waals surface area contributed by atoms with E-state index in [0.717, 1.165) is 12.1 Å². The second-order valence-corrected chi connectivity index (χ2v) is 2.63. The number of hydrogen-bond acceptors (Lipinski definition) is 3. The van der Waals surface area contributed by atoms with Crippen LogP contribution >= 0.6 is 0 Å². The summed E-state index contributed by atoms with van der Waals surface area (Å²) in [7, 11) is -1.81. The summed E-state index contributed by atoms with van der Waals surface area (Å²) in [6.07, 6.45) is -2.80. The molecule has 1 aromatic rings. The number of nitriles is 1. The zero-order valence-electron chi connectivity index (χ0n) is 6.98. The topological polar surface area (TPSA) is 64.2 Å². The van der Waals surface area contributed by atoms with Crippen LogP contribution in [0.3, 0.4) is 0 Å². The van der Waals surface area contributed by atoms with E-state index in [-0.39, 0.29) is 11.0 Å². The maximum absolute atomic E-state index is 12.3. The molecule has 0 amide bonds. The maximum Gasteiger partial charge on any atom is 0.488 e. The molecule has 2 N–H and O–H groups in total. The van der Waals surface area contributed by atoms with Crippen LogP contribution in [0.25, 0.3) is 0 Å². The normalized spacial score (nSPS) is 10.0. The van der Waals surface area contributed by atoms with Crippen molar-refractivity contribution in [1.29, 1.82) is 5.26 Å². The fourth-order valence-corrected chi connectivity index (χ4v) is 1.02. The van der Waals surface area contributed by atoms with Crippen molar-refractivity contribution in [3.8, 4) is 6.07 Å². The van der Waals surface area contributed by atoms with Crippen LogP contribution in [0.1, 0.15) is 17.6 Å². The van der Waals surface area contributed by atoms with E-state index in [1.54, 1.807) is 6.07 Å². The van der Waals surface area contributed by atoms with Crippen molar-refractivity contribution in [2.75, 3.05) is 0 Å². The van der Waals surface area contributed by atoms with Gasteiger partial charge in [-0.15, -0.1) is 0 Å². The molecule has 0 unspecified atom stereocenters. The molecule has 14 heavy (non-hydrogen) atoms. The number of rotatable bonds is 2. The molecule has 72 valence electrons. The number of benzene rings is 1. The van der Waals surface area contributed by atoms with Crippen LogP contribution < -0.4 is 5.46 Å². The van der Waals surface area contributed by atoms with Crippen LogP contribution in [0.2, 0.25) is 0 Å². The van der Waals surface area contributed by atoms with Gasteiger partial charge in [0.25, 0.3) is 6.43 Å². The Morgan fingerprint density at radius 2 is 2.00 bits per heavy atom. The van der Waals surface area contributed by atoms with Gasteiger partial charge in [-0.2, -0.15) is 5.26 Å². The van der Waals surface area contributed by atoms with Crippen molar-refractivity contribution in [3.63, 3.8) is 0 Å². The standard InChI is InChI=1S/C8H6BF2NO2/c10-8(11)7-3-6(9(13)14)2-1-5(7)4-12/h1-3,8,13-14H. The molecular weight excluding hydrogens is 191 g/mol. The molecule has 0 atom stereocenters. The Labute approximate surface area is 79.4 Å². The Bertz CT molecular complexity index is 376. The van der Waals surface area contributed by atoms with Gasteiger partial charge in [-0.25, -0.2) is 8.78 Å². The highest BCUT2D eigenvalue weighted by atomic mass is 19.3. The van der Waals surface area contributed by atoms with Crippen LogP contribution in [0.5, 0.6) is 0 Å². The van der Waals surface area contributed by atoms with Gasteiger partial charge in [-0.05, 0) is 11.5 Å². The van der Waals surface area contributed by atoms with E-state index < -0.39 is 19.1 Å². The van der Waals surface area contributed by atoms with Crippen LogP contribution in [0.15, 0.2) is 18.2 Å². The molecule has 0 aliphatic rings. The van der Waals surface area contributed by atoms with Gasteiger partial charge in [0.15, 0.2) is 0 Å². The highest BCUT2D eigenvalue weighted by Gasteiger charge is 2.18. The van der Waals surface area contributed by atoms with Gasteiger partial charge in [0, 0.05) is 5.56 Å². The molecule has 0 aromatic heterocycles. The molecule has 0 saturated carbocycles. The highest BCUT2D eigenvalue weighted by Crippen LogP contribution is 2.21. The number of alkyl halides is 2. The summed E-state index contributed by atoms with van der Waals surface area (Å²) < 4.78 is 24.7. The van der Waals surface area contributed by atoms with Crippen LogP contribution in [-0.4, -0.2) is 17.2 Å². The minimum absolute atomic E-state index is 0.0562. The fraction of sp³-hybridized carbons (Fsp3) is 0.125. The first-order valence-corrected chi connectivity index (χ1v) is 3.74. The number of hydrogen-bond donors (Lipinski definition) is 2. The smallest absolute Gasteiger partial charge is 0.423 e. The number of halogens is 2. The third-order valence-corrected chi connectivity index (χ3v) is 1.73. The number of nitrogens with zero attached hydrogens (tertiary/aromatic N) is 1. The molecule has 0 saturated heterocycles. The van der Waals surface area contributed by atoms with E-state index >= 15 is 0 Å². The SMILES string of the molecule is N#Cc1ccc(B(O)O)cc1C(F)F. The maximum atomic E-state index is 12.3. The van der Waals surface area contributed by atoms with Gasteiger partial charge in [-0.1, -0.05) is 12.1 Å². The zero-order chi connectivity index (χ0) is 10.7. The molecule has 3 nitrogen and oxygen atoms in total. The molecule has 0 aliphatic carbocycles. The van der Waals surface area contributed by atoms with Gasteiger partial charge in [0.1, 0.15) is 0 Å². The monoisotopic (exact) mass is 197 g/mol. The molecule has 0 bridgehead atoms. The van der Waals surface area contributed by atoms with E-state index in [1.807, 2.05) is 0 Å². The third kappa shape index (κ3) is 2.07. The lowest BCUT2D eigenvalue weighted by Gasteiger charge is -2.05. The predicted octanol–water partition coefficient (Wildman–Crippen LogP) is 0.176. The van der Waals surface area contributed by atoms with Crippen molar-refractivity contribution in [3.05, 3.63) is 29.3 Å².